The van der Waals surface area contributed by atoms with E-state index in [1.165, 1.54) is 128 Å². The van der Waals surface area contributed by atoms with E-state index in [1.54, 1.807) is 6.08 Å². The molecule has 3 aliphatic heterocycles. The Morgan fingerprint density at radius 2 is 0.603 bits per heavy atom. The monoisotopic (exact) mass is 1630 g/mol. The first-order valence-corrected chi connectivity index (χ1v) is 45.4. The molecule has 3 saturated heterocycles. The van der Waals surface area contributed by atoms with E-state index in [0.29, 0.717) is 12.8 Å². The van der Waals surface area contributed by atoms with Gasteiger partial charge in [0, 0.05) is 6.42 Å². The van der Waals surface area contributed by atoms with E-state index in [0.717, 1.165) is 141 Å². The molecule has 0 aromatic carbocycles. The highest BCUT2D eigenvalue weighted by Crippen LogP contribution is 2.33. The average Bonchev–Trinajstić information content (AvgIpc) is 0.783. The van der Waals surface area contributed by atoms with Gasteiger partial charge in [-0.1, -0.05) is 338 Å². The summed E-state index contributed by atoms with van der Waals surface area (Å²) in [6, 6.07) is -1.02. The molecule has 3 heterocycles. The third-order valence-electron chi connectivity index (χ3n) is 21.2. The van der Waals surface area contributed by atoms with Crippen LogP contribution in [-0.4, -0.2) is 193 Å². The molecule has 1 amide bonds. The number of unbranched alkanes of at least 4 members (excludes halogenated alkanes) is 29. The highest BCUT2D eigenvalue weighted by atomic mass is 16.8. The molecule has 3 aliphatic rings. The van der Waals surface area contributed by atoms with Crippen LogP contribution >= 0.6 is 0 Å². The normalized spacial score (nSPS) is 25.3. The lowest BCUT2D eigenvalue weighted by Crippen LogP contribution is -2.66. The topological polar surface area (TPSA) is 307 Å². The fourth-order valence-electron chi connectivity index (χ4n) is 14.1. The summed E-state index contributed by atoms with van der Waals surface area (Å²) in [7, 11) is 0. The summed E-state index contributed by atoms with van der Waals surface area (Å²) in [5, 5.41) is 121. The molecular weight excluding hydrogens is 1470 g/mol. The first kappa shape index (κ1) is 105. The molecule has 0 spiro atoms. The van der Waals surface area contributed by atoms with Crippen LogP contribution in [0, 0.1) is 0 Å². The van der Waals surface area contributed by atoms with Gasteiger partial charge in [0.15, 0.2) is 18.9 Å². The summed E-state index contributed by atoms with van der Waals surface area (Å²) in [5.74, 6) is -0.305. The SMILES string of the molecule is CC/C=C\C/C=C\C/C=C\C/C=C\C/C=C\C/C=C\C/C=C\C/C=C\C/C=C\C/C=C\C/C=C\CCCCCCCCCC(=O)NC(COC1OC(CO)C(OC2OC(CO)C(OC3OC(CO)C(O)C(O)C3O)C(O)C2O)C(O)C1O)C(O)/C=C/CC/C=C/CC/C=C/CCCCCCCCCCCCCCCCCCCCCC. The molecule has 19 heteroatoms. The van der Waals surface area contributed by atoms with Gasteiger partial charge < -0.3 is 89.9 Å². The molecule has 3 rings (SSSR count). The first-order valence-electron chi connectivity index (χ1n) is 45.4. The minimum atomic E-state index is -1.99. The van der Waals surface area contributed by atoms with E-state index in [1.807, 2.05) is 6.08 Å². The summed E-state index contributed by atoms with van der Waals surface area (Å²) in [6.07, 6.45) is 84.9. The van der Waals surface area contributed by atoms with Crippen LogP contribution in [0.2, 0.25) is 0 Å². The smallest absolute Gasteiger partial charge is 0.220 e. The largest absolute Gasteiger partial charge is 0.394 e. The van der Waals surface area contributed by atoms with Crippen molar-refractivity contribution in [1.82, 2.24) is 5.32 Å². The maximum absolute atomic E-state index is 13.5. The van der Waals surface area contributed by atoms with Gasteiger partial charge in [-0.15, -0.1) is 0 Å². The van der Waals surface area contributed by atoms with Gasteiger partial charge in [0.25, 0.3) is 0 Å². The van der Waals surface area contributed by atoms with Crippen molar-refractivity contribution in [3.05, 3.63) is 170 Å². The molecule has 19 nitrogen and oxygen atoms in total. The standard InChI is InChI=1S/C97H161NO18/c1-3-5-7-9-11-13-15-17-19-21-23-25-27-29-31-33-35-36-37-38-39-40-41-42-43-44-45-47-49-51-53-55-57-59-61-63-65-67-69-71-73-75-85(103)98-80(81(102)74-72-70-68-66-64-62-60-58-56-54-52-50-48-46-34-32-30-28-26-24-22-20-18-16-14-12-10-8-6-4-2)79-111-95-91(109)88(106)93(83(77-100)113-95)116-97-92(110)89(107)94(84(78-101)114-97)115-96-90(108)87(105)86(104)82(76-99)112-96/h5,7,11,13,17,19,23,25,29,31,35-36,38-39,41-42,44-45,49,51,55-58,64,66,72,74,80-84,86-97,99-102,104-110H,3-4,6,8-10,12,14-16,18,20-22,24,26-28,30,32-34,37,40,43,46-48,50,52-54,59-63,65,67-71,73,75-79H2,1-2H3,(H,98,103)/b7-5-,13-11-,19-17-,25-23-,31-29-,36-35-,39-38-,42-41-,45-44-,51-49-,57-55-,58-56+,66-64+,74-72+. The summed E-state index contributed by atoms with van der Waals surface area (Å²) in [4.78, 5) is 13.5. The summed E-state index contributed by atoms with van der Waals surface area (Å²) in [6.45, 7) is 1.60. The van der Waals surface area contributed by atoms with Gasteiger partial charge in [0.1, 0.15) is 73.2 Å². The minimum Gasteiger partial charge on any atom is -0.394 e. The third-order valence-corrected chi connectivity index (χ3v) is 21.2. The van der Waals surface area contributed by atoms with Crippen LogP contribution in [0.4, 0.5) is 0 Å². The van der Waals surface area contributed by atoms with Gasteiger partial charge >= 0.3 is 0 Å². The Kier molecular flexibility index (Phi) is 67.2. The number of nitrogens with one attached hydrogen (secondary N) is 1. The van der Waals surface area contributed by atoms with Crippen LogP contribution in [0.1, 0.15) is 303 Å². The zero-order valence-electron chi connectivity index (χ0n) is 71.4. The number of amides is 1. The number of rotatable bonds is 71. The zero-order chi connectivity index (χ0) is 83.8. The molecule has 0 aromatic heterocycles. The minimum absolute atomic E-state index is 0.208. The van der Waals surface area contributed by atoms with E-state index in [4.69, 9.17) is 28.4 Å². The van der Waals surface area contributed by atoms with Crippen LogP contribution in [0.5, 0.6) is 0 Å². The average molecular weight is 1630 g/mol. The Morgan fingerprint density at radius 1 is 0.319 bits per heavy atom. The summed E-state index contributed by atoms with van der Waals surface area (Å²) in [5.41, 5.74) is 0. The first-order chi connectivity index (χ1) is 56.8. The predicted molar refractivity (Wildman–Crippen MR) is 470 cm³/mol. The summed E-state index contributed by atoms with van der Waals surface area (Å²) < 4.78 is 34.5. The second-order valence-electron chi connectivity index (χ2n) is 31.3. The quantitative estimate of drug-likeness (QED) is 0.0199. The molecule has 0 aliphatic carbocycles. The number of allylic oxidation sites excluding steroid dienone is 27. The Balaban J connectivity index is 1.36. The van der Waals surface area contributed by atoms with E-state index in [9.17, 15) is 61.0 Å². The molecule has 12 N–H and O–H groups in total. The number of aliphatic hydroxyl groups excluding tert-OH is 11. The van der Waals surface area contributed by atoms with Gasteiger partial charge in [0.05, 0.1) is 38.6 Å². The number of ether oxygens (including phenoxy) is 6. The Labute approximate surface area is 700 Å². The van der Waals surface area contributed by atoms with Crippen molar-refractivity contribution in [2.45, 2.75) is 407 Å². The fraction of sp³-hybridized carbons (Fsp3) is 0.701. The highest BCUT2D eigenvalue weighted by Gasteiger charge is 2.54. The molecule has 0 saturated carbocycles. The lowest BCUT2D eigenvalue weighted by atomic mass is 9.96. The number of hydrogen-bond donors (Lipinski definition) is 12. The molecular formula is C97H161NO18. The van der Waals surface area contributed by atoms with E-state index in [2.05, 4.69) is 177 Å². The van der Waals surface area contributed by atoms with Gasteiger partial charge in [-0.05, 0) is 128 Å². The van der Waals surface area contributed by atoms with Crippen molar-refractivity contribution in [2.75, 3.05) is 26.4 Å². The van der Waals surface area contributed by atoms with E-state index < -0.39 is 124 Å². The molecule has 0 radical (unpaired) electrons. The van der Waals surface area contributed by atoms with Crippen LogP contribution in [0.3, 0.4) is 0 Å². The molecule has 0 bridgehead atoms. The Bertz CT molecular complexity index is 2770. The van der Waals surface area contributed by atoms with Crippen molar-refractivity contribution in [1.29, 1.82) is 0 Å². The molecule has 17 unspecified atom stereocenters. The number of carbonyl (C=O) groups excluding carboxylic acids is 1. The van der Waals surface area contributed by atoms with Crippen LogP contribution in [-0.2, 0) is 33.2 Å². The Morgan fingerprint density at radius 3 is 0.966 bits per heavy atom. The lowest BCUT2D eigenvalue weighted by molar-refractivity contribution is -0.379. The highest BCUT2D eigenvalue weighted by molar-refractivity contribution is 5.76. The van der Waals surface area contributed by atoms with E-state index >= 15 is 0 Å². The van der Waals surface area contributed by atoms with Crippen molar-refractivity contribution in [2.24, 2.45) is 0 Å². The van der Waals surface area contributed by atoms with Crippen molar-refractivity contribution >= 4 is 5.91 Å². The number of carbonyl (C=O) groups is 1. The fourth-order valence-corrected chi connectivity index (χ4v) is 14.1. The van der Waals surface area contributed by atoms with Crippen molar-refractivity contribution in [3.8, 4) is 0 Å². The number of aliphatic hydroxyl groups is 11. The molecule has 0 aromatic rings. The second-order valence-corrected chi connectivity index (χ2v) is 31.3. The van der Waals surface area contributed by atoms with Crippen LogP contribution < -0.4 is 5.32 Å². The van der Waals surface area contributed by atoms with Gasteiger partial charge in [0.2, 0.25) is 5.91 Å². The maximum atomic E-state index is 13.5. The van der Waals surface area contributed by atoms with Gasteiger partial charge in [-0.2, -0.15) is 0 Å². The summed E-state index contributed by atoms with van der Waals surface area (Å²) >= 11 is 0. The maximum Gasteiger partial charge on any atom is 0.220 e. The van der Waals surface area contributed by atoms with Crippen molar-refractivity contribution in [3.63, 3.8) is 0 Å². The lowest BCUT2D eigenvalue weighted by Gasteiger charge is -2.48. The molecule has 3 fully saturated rings. The zero-order valence-corrected chi connectivity index (χ0v) is 71.4. The molecule has 17 atom stereocenters. The van der Waals surface area contributed by atoms with Crippen LogP contribution in [0.25, 0.3) is 0 Å². The number of hydrogen-bond acceptors (Lipinski definition) is 18. The van der Waals surface area contributed by atoms with Crippen molar-refractivity contribution < 1.29 is 89.4 Å². The second kappa shape index (κ2) is 74.0. The predicted octanol–water partition coefficient (Wildman–Crippen LogP) is 17.7. The third kappa shape index (κ3) is 51.7. The van der Waals surface area contributed by atoms with Gasteiger partial charge in [-0.3, -0.25) is 4.79 Å². The Hall–Kier alpha value is -4.85. The molecule has 662 valence electrons. The van der Waals surface area contributed by atoms with E-state index in [-0.39, 0.29) is 18.9 Å². The molecule has 116 heavy (non-hydrogen) atoms. The van der Waals surface area contributed by atoms with Crippen LogP contribution in [0.15, 0.2) is 170 Å². The van der Waals surface area contributed by atoms with Gasteiger partial charge in [-0.25, -0.2) is 0 Å².